The van der Waals surface area contributed by atoms with E-state index >= 15 is 0 Å². The second-order valence-corrected chi connectivity index (χ2v) is 14.1. The van der Waals surface area contributed by atoms with Crippen LogP contribution in [-0.4, -0.2) is 9.55 Å². The van der Waals surface area contributed by atoms with Gasteiger partial charge in [0.25, 0.3) is 0 Å². The van der Waals surface area contributed by atoms with Crippen molar-refractivity contribution < 1.29 is 25.8 Å². The molecule has 0 atom stereocenters. The van der Waals surface area contributed by atoms with E-state index in [1.54, 1.807) is 0 Å². The van der Waals surface area contributed by atoms with Crippen molar-refractivity contribution in [2.45, 2.75) is 59.3 Å². The molecule has 7 rings (SSSR count). The first-order valence-electron chi connectivity index (χ1n) is 15.8. The van der Waals surface area contributed by atoms with Crippen molar-refractivity contribution in [1.82, 2.24) is 9.55 Å². The fourth-order valence-corrected chi connectivity index (χ4v) is 5.82. The SMILES string of the molecule is Cc1ccc(N2C=CN(c3[c-]c(Oc4[c-]c5c(cc4)c4ccccc4n5-c4cc(C(C)(C)C)ccn4)cc(C(C)(C)C)c3)[CH-]2)cc1.[Pt]. The second kappa shape index (κ2) is 12.4. The van der Waals surface area contributed by atoms with Crippen molar-refractivity contribution in [2.75, 3.05) is 9.80 Å². The second-order valence-electron chi connectivity index (χ2n) is 14.1. The number of nitrogens with zero attached hydrogens (tertiary/aromatic N) is 4. The van der Waals surface area contributed by atoms with Gasteiger partial charge in [-0.25, -0.2) is 4.98 Å². The molecule has 0 bridgehead atoms. The summed E-state index contributed by atoms with van der Waals surface area (Å²) >= 11 is 0. The standard InChI is InChI=1S/C41H39N4O.Pt/c1-28-12-14-31(15-13-28)43-20-21-44(27-43)32-22-30(41(5,6)7)23-34(25-32)46-33-16-17-36-35-10-8-9-11-37(35)45(38(36)26-33)39-24-29(18-19-42-39)40(2,3)4;/h8-24,27H,1-7H3;/q-3;. The molecule has 0 fully saturated rings. The van der Waals surface area contributed by atoms with E-state index in [0.29, 0.717) is 11.5 Å². The first-order chi connectivity index (χ1) is 21.9. The van der Waals surface area contributed by atoms with Crippen LogP contribution in [0.3, 0.4) is 0 Å². The normalized spacial score (nSPS) is 13.4. The number of para-hydroxylation sites is 1. The van der Waals surface area contributed by atoms with Crippen LogP contribution >= 0.6 is 0 Å². The van der Waals surface area contributed by atoms with E-state index in [-0.39, 0.29) is 31.9 Å². The molecule has 2 aromatic heterocycles. The van der Waals surface area contributed by atoms with Gasteiger partial charge in [0.05, 0.1) is 0 Å². The van der Waals surface area contributed by atoms with E-state index in [0.717, 1.165) is 44.6 Å². The average molecular weight is 799 g/mol. The number of hydrogen-bond acceptors (Lipinski definition) is 4. The van der Waals surface area contributed by atoms with Crippen LogP contribution in [0.25, 0.3) is 27.6 Å². The minimum Gasteiger partial charge on any atom is -0.509 e. The summed E-state index contributed by atoms with van der Waals surface area (Å²) in [5.41, 5.74) is 7.56. The number of aryl methyl sites for hydroxylation is 1. The van der Waals surface area contributed by atoms with Crippen LogP contribution < -0.4 is 14.5 Å². The van der Waals surface area contributed by atoms with Crippen LogP contribution in [0.5, 0.6) is 11.5 Å². The van der Waals surface area contributed by atoms with Gasteiger partial charge in [-0.15, -0.1) is 53.6 Å². The molecular formula is C41H39N4OPt-3. The fraction of sp³-hybridized carbons (Fsp3) is 0.220. The largest absolute Gasteiger partial charge is 0.509 e. The summed E-state index contributed by atoms with van der Waals surface area (Å²) in [5, 5.41) is 2.26. The third kappa shape index (κ3) is 6.47. The summed E-state index contributed by atoms with van der Waals surface area (Å²) in [6.07, 6.45) is 6.01. The van der Waals surface area contributed by atoms with Crippen molar-refractivity contribution in [3.05, 3.63) is 139 Å². The molecule has 3 heterocycles. The van der Waals surface area contributed by atoms with Gasteiger partial charge >= 0.3 is 0 Å². The maximum Gasteiger partial charge on any atom is 0.135 e. The molecule has 5 nitrogen and oxygen atoms in total. The molecule has 4 aromatic carbocycles. The van der Waals surface area contributed by atoms with Crippen LogP contribution in [0.4, 0.5) is 11.4 Å². The molecule has 0 amide bonds. The topological polar surface area (TPSA) is 33.5 Å². The molecule has 47 heavy (non-hydrogen) atoms. The minimum absolute atomic E-state index is 0. The zero-order chi connectivity index (χ0) is 32.2. The third-order valence-corrected chi connectivity index (χ3v) is 8.56. The first kappa shape index (κ1) is 32.6. The van der Waals surface area contributed by atoms with Gasteiger partial charge < -0.3 is 19.1 Å². The quantitative estimate of drug-likeness (QED) is 0.163. The van der Waals surface area contributed by atoms with Crippen molar-refractivity contribution in [1.29, 1.82) is 0 Å². The van der Waals surface area contributed by atoms with Gasteiger partial charge in [0.2, 0.25) is 0 Å². The third-order valence-electron chi connectivity index (χ3n) is 8.56. The van der Waals surface area contributed by atoms with E-state index in [2.05, 4.69) is 173 Å². The van der Waals surface area contributed by atoms with Gasteiger partial charge in [-0.05, 0) is 71.4 Å². The molecule has 1 aliphatic rings. The van der Waals surface area contributed by atoms with Crippen LogP contribution in [0.2, 0.25) is 0 Å². The van der Waals surface area contributed by atoms with E-state index in [1.807, 2.05) is 12.3 Å². The Hall–Kier alpha value is -4.34. The van der Waals surface area contributed by atoms with E-state index in [4.69, 9.17) is 9.72 Å². The smallest absolute Gasteiger partial charge is 0.135 e. The monoisotopic (exact) mass is 798 g/mol. The number of pyridine rings is 1. The maximum atomic E-state index is 6.59. The number of anilines is 2. The molecule has 0 N–H and O–H groups in total. The molecule has 0 unspecified atom stereocenters. The zero-order valence-electron chi connectivity index (χ0n) is 27.9. The van der Waals surface area contributed by atoms with Gasteiger partial charge in [0.15, 0.2) is 0 Å². The van der Waals surface area contributed by atoms with Crippen LogP contribution in [0.15, 0.2) is 104 Å². The summed E-state index contributed by atoms with van der Waals surface area (Å²) in [5.74, 6) is 2.13. The van der Waals surface area contributed by atoms with Gasteiger partial charge in [-0.1, -0.05) is 83.0 Å². The molecule has 242 valence electrons. The summed E-state index contributed by atoms with van der Waals surface area (Å²) in [6.45, 7) is 17.5. The average Bonchev–Trinajstić information content (AvgIpc) is 3.64. The van der Waals surface area contributed by atoms with E-state index in [9.17, 15) is 0 Å². The Morgan fingerprint density at radius 3 is 2.17 bits per heavy atom. The number of hydrogen-bond donors (Lipinski definition) is 0. The first-order valence-corrected chi connectivity index (χ1v) is 15.8. The molecular weight excluding hydrogens is 760 g/mol. The summed E-state index contributed by atoms with van der Waals surface area (Å²) in [7, 11) is 0. The predicted molar refractivity (Wildman–Crippen MR) is 190 cm³/mol. The molecule has 0 radical (unpaired) electrons. The summed E-state index contributed by atoms with van der Waals surface area (Å²) < 4.78 is 8.78. The molecule has 6 aromatic rings. The molecule has 0 saturated carbocycles. The van der Waals surface area contributed by atoms with Gasteiger partial charge in [-0.3, -0.25) is 0 Å². The Morgan fingerprint density at radius 1 is 0.702 bits per heavy atom. The van der Waals surface area contributed by atoms with Crippen LogP contribution in [0, 0.1) is 25.7 Å². The van der Waals surface area contributed by atoms with Crippen molar-refractivity contribution in [3.63, 3.8) is 0 Å². The van der Waals surface area contributed by atoms with Crippen molar-refractivity contribution in [3.8, 4) is 17.3 Å². The molecule has 0 spiro atoms. The van der Waals surface area contributed by atoms with E-state index < -0.39 is 0 Å². The summed E-state index contributed by atoms with van der Waals surface area (Å²) in [4.78, 5) is 9.01. The van der Waals surface area contributed by atoms with Crippen LogP contribution in [0.1, 0.15) is 58.2 Å². The number of fused-ring (bicyclic) bond motifs is 3. The van der Waals surface area contributed by atoms with E-state index in [1.165, 1.54) is 11.1 Å². The predicted octanol–water partition coefficient (Wildman–Crippen LogP) is 10.4. The fourth-order valence-electron chi connectivity index (χ4n) is 5.82. The Balaban J connectivity index is 0.00000386. The Labute approximate surface area is 292 Å². The van der Waals surface area contributed by atoms with Crippen molar-refractivity contribution in [2.24, 2.45) is 0 Å². The minimum atomic E-state index is -0.0914. The number of benzene rings is 4. The van der Waals surface area contributed by atoms with Gasteiger partial charge in [0.1, 0.15) is 5.82 Å². The van der Waals surface area contributed by atoms with Gasteiger partial charge in [-0.2, -0.15) is 6.07 Å². The molecule has 0 saturated heterocycles. The van der Waals surface area contributed by atoms with Crippen LogP contribution in [-0.2, 0) is 31.9 Å². The molecule has 6 heteroatoms. The molecule has 1 aliphatic heterocycles. The Morgan fingerprint density at radius 2 is 1.43 bits per heavy atom. The Bertz CT molecular complexity index is 2100. The number of rotatable bonds is 5. The molecule has 0 aliphatic carbocycles. The zero-order valence-corrected chi connectivity index (χ0v) is 30.2. The van der Waals surface area contributed by atoms with Crippen molar-refractivity contribution >= 4 is 33.2 Å². The summed E-state index contributed by atoms with van der Waals surface area (Å²) in [6, 6.07) is 36.8. The Kier molecular flexibility index (Phi) is 8.57. The maximum absolute atomic E-state index is 6.59. The number of ether oxygens (including phenoxy) is 1. The number of aromatic nitrogens is 2. The van der Waals surface area contributed by atoms with Gasteiger partial charge in [0, 0.05) is 50.0 Å².